The molecular weight excluding hydrogens is 196 g/mol. The number of nitrogens with zero attached hydrogens (tertiary/aromatic N) is 6. The van der Waals surface area contributed by atoms with Crippen LogP contribution < -0.4 is 4.74 Å². The van der Waals surface area contributed by atoms with Gasteiger partial charge in [-0.05, 0) is 19.9 Å². The molecule has 15 heavy (non-hydrogen) atoms. The molecule has 0 aromatic carbocycles. The van der Waals surface area contributed by atoms with Gasteiger partial charge in [0.05, 0.1) is 12.8 Å². The second-order valence-corrected chi connectivity index (χ2v) is 3.03. The molecule has 0 aliphatic heterocycles. The molecule has 2 aromatic rings. The quantitative estimate of drug-likeness (QED) is 0.692. The van der Waals surface area contributed by atoms with Gasteiger partial charge in [0.2, 0.25) is 0 Å². The standard InChI is InChI=1S/C8H10N6O/c1-5-4-6(2)14(13-5)7-9-11-8(15-3)12-10-7/h4H,1-3H3. The van der Waals surface area contributed by atoms with Crippen LogP contribution in [0.15, 0.2) is 6.07 Å². The van der Waals surface area contributed by atoms with Crippen LogP contribution in [0.5, 0.6) is 6.01 Å². The zero-order chi connectivity index (χ0) is 10.8. The maximum absolute atomic E-state index is 4.76. The zero-order valence-electron chi connectivity index (χ0n) is 8.67. The third-order valence-electron chi connectivity index (χ3n) is 1.83. The summed E-state index contributed by atoms with van der Waals surface area (Å²) in [5, 5.41) is 19.3. The minimum Gasteiger partial charge on any atom is -0.465 e. The van der Waals surface area contributed by atoms with E-state index in [-0.39, 0.29) is 6.01 Å². The predicted molar refractivity (Wildman–Crippen MR) is 50.8 cm³/mol. The number of methoxy groups -OCH3 is 1. The summed E-state index contributed by atoms with van der Waals surface area (Å²) in [5.41, 5.74) is 1.83. The summed E-state index contributed by atoms with van der Waals surface area (Å²) in [7, 11) is 1.46. The van der Waals surface area contributed by atoms with Crippen molar-refractivity contribution in [2.24, 2.45) is 0 Å². The van der Waals surface area contributed by atoms with Crippen molar-refractivity contribution in [3.8, 4) is 12.0 Å². The number of aromatic nitrogens is 6. The van der Waals surface area contributed by atoms with E-state index in [1.807, 2.05) is 19.9 Å². The first-order chi connectivity index (χ1) is 7.20. The smallest absolute Gasteiger partial charge is 0.354 e. The van der Waals surface area contributed by atoms with Gasteiger partial charge in [-0.1, -0.05) is 10.2 Å². The fourth-order valence-corrected chi connectivity index (χ4v) is 1.21. The van der Waals surface area contributed by atoms with Gasteiger partial charge in [0, 0.05) is 5.69 Å². The van der Waals surface area contributed by atoms with Crippen LogP contribution in [0.2, 0.25) is 0 Å². The lowest BCUT2D eigenvalue weighted by Crippen LogP contribution is -2.08. The lowest BCUT2D eigenvalue weighted by Gasteiger charge is -2.00. The molecule has 0 bridgehead atoms. The normalized spacial score (nSPS) is 10.3. The molecule has 0 aliphatic rings. The molecular formula is C8H10N6O. The third kappa shape index (κ3) is 1.76. The molecule has 0 unspecified atom stereocenters. The monoisotopic (exact) mass is 206 g/mol. The van der Waals surface area contributed by atoms with Crippen LogP contribution in [-0.2, 0) is 0 Å². The van der Waals surface area contributed by atoms with Crippen LogP contribution in [0.1, 0.15) is 11.4 Å². The average molecular weight is 206 g/mol. The fourth-order valence-electron chi connectivity index (χ4n) is 1.21. The first-order valence-corrected chi connectivity index (χ1v) is 4.35. The van der Waals surface area contributed by atoms with Gasteiger partial charge in [-0.3, -0.25) is 0 Å². The van der Waals surface area contributed by atoms with Gasteiger partial charge in [-0.15, -0.1) is 10.2 Å². The van der Waals surface area contributed by atoms with Gasteiger partial charge < -0.3 is 4.74 Å². The highest BCUT2D eigenvalue weighted by atomic mass is 16.5. The van der Waals surface area contributed by atoms with Gasteiger partial charge >= 0.3 is 6.01 Å². The minimum atomic E-state index is 0.139. The van der Waals surface area contributed by atoms with Crippen molar-refractivity contribution in [2.45, 2.75) is 13.8 Å². The molecule has 0 atom stereocenters. The Balaban J connectivity index is 2.41. The van der Waals surface area contributed by atoms with E-state index < -0.39 is 0 Å². The van der Waals surface area contributed by atoms with Crippen molar-refractivity contribution in [1.29, 1.82) is 0 Å². The summed E-state index contributed by atoms with van der Waals surface area (Å²) < 4.78 is 6.34. The first kappa shape index (κ1) is 9.50. The molecule has 0 saturated carbocycles. The predicted octanol–water partition coefficient (Wildman–Crippen LogP) is 0.0777. The highest BCUT2D eigenvalue weighted by Gasteiger charge is 2.07. The number of rotatable bonds is 2. The lowest BCUT2D eigenvalue weighted by molar-refractivity contribution is 0.364. The molecule has 78 valence electrons. The van der Waals surface area contributed by atoms with Gasteiger partial charge in [-0.2, -0.15) is 5.10 Å². The molecule has 2 heterocycles. The summed E-state index contributed by atoms with van der Waals surface area (Å²) in [6.07, 6.45) is 0. The molecule has 2 rings (SSSR count). The van der Waals surface area contributed by atoms with E-state index in [0.29, 0.717) is 5.95 Å². The number of hydrogen-bond donors (Lipinski definition) is 0. The molecule has 7 nitrogen and oxygen atoms in total. The lowest BCUT2D eigenvalue weighted by atomic mass is 10.4. The largest absolute Gasteiger partial charge is 0.465 e. The molecule has 7 heteroatoms. The van der Waals surface area contributed by atoms with E-state index >= 15 is 0 Å². The van der Waals surface area contributed by atoms with Crippen molar-refractivity contribution in [1.82, 2.24) is 30.2 Å². The van der Waals surface area contributed by atoms with Crippen molar-refractivity contribution < 1.29 is 4.74 Å². The van der Waals surface area contributed by atoms with E-state index in [1.54, 1.807) is 4.68 Å². The van der Waals surface area contributed by atoms with E-state index in [2.05, 4.69) is 25.5 Å². The second kappa shape index (κ2) is 3.60. The zero-order valence-corrected chi connectivity index (χ0v) is 8.67. The SMILES string of the molecule is COc1nnc(-n2nc(C)cc2C)nn1. The van der Waals surface area contributed by atoms with Crippen molar-refractivity contribution >= 4 is 0 Å². The Bertz CT molecular complexity index is 462. The van der Waals surface area contributed by atoms with Crippen LogP contribution >= 0.6 is 0 Å². The van der Waals surface area contributed by atoms with Crippen LogP contribution in [0.25, 0.3) is 5.95 Å². The Morgan fingerprint density at radius 1 is 1.13 bits per heavy atom. The highest BCUT2D eigenvalue weighted by molar-refractivity contribution is 5.16. The van der Waals surface area contributed by atoms with Gasteiger partial charge in [0.25, 0.3) is 5.95 Å². The molecule has 2 aromatic heterocycles. The molecule has 0 spiro atoms. The Morgan fingerprint density at radius 3 is 2.27 bits per heavy atom. The number of hydrogen-bond acceptors (Lipinski definition) is 6. The molecule has 0 fully saturated rings. The molecule has 0 N–H and O–H groups in total. The molecule has 0 aliphatic carbocycles. The van der Waals surface area contributed by atoms with Crippen LogP contribution in [0.4, 0.5) is 0 Å². The first-order valence-electron chi connectivity index (χ1n) is 4.35. The van der Waals surface area contributed by atoms with Crippen LogP contribution in [0, 0.1) is 13.8 Å². The molecule has 0 saturated heterocycles. The van der Waals surface area contributed by atoms with Gasteiger partial charge in [-0.25, -0.2) is 4.68 Å². The third-order valence-corrected chi connectivity index (χ3v) is 1.83. The Morgan fingerprint density at radius 2 is 1.80 bits per heavy atom. The van der Waals surface area contributed by atoms with Gasteiger partial charge in [0.1, 0.15) is 0 Å². The maximum Gasteiger partial charge on any atom is 0.354 e. The molecule has 0 amide bonds. The number of aryl methyl sites for hydroxylation is 2. The Hall–Kier alpha value is -2.05. The summed E-state index contributed by atoms with van der Waals surface area (Å²) >= 11 is 0. The van der Waals surface area contributed by atoms with Crippen molar-refractivity contribution in [3.05, 3.63) is 17.5 Å². The summed E-state index contributed by atoms with van der Waals surface area (Å²) in [4.78, 5) is 0. The van der Waals surface area contributed by atoms with Crippen LogP contribution in [0.3, 0.4) is 0 Å². The average Bonchev–Trinajstić information content (AvgIpc) is 2.58. The summed E-state index contributed by atoms with van der Waals surface area (Å²) in [6.45, 7) is 3.81. The van der Waals surface area contributed by atoms with E-state index in [9.17, 15) is 0 Å². The Labute approximate surface area is 86.1 Å². The minimum absolute atomic E-state index is 0.139. The number of ether oxygens (including phenoxy) is 1. The second-order valence-electron chi connectivity index (χ2n) is 3.03. The Kier molecular flexibility index (Phi) is 2.28. The van der Waals surface area contributed by atoms with Crippen molar-refractivity contribution in [2.75, 3.05) is 7.11 Å². The maximum atomic E-state index is 4.76. The van der Waals surface area contributed by atoms with E-state index in [4.69, 9.17) is 4.74 Å². The van der Waals surface area contributed by atoms with Crippen molar-refractivity contribution in [3.63, 3.8) is 0 Å². The van der Waals surface area contributed by atoms with E-state index in [0.717, 1.165) is 11.4 Å². The topological polar surface area (TPSA) is 78.6 Å². The highest BCUT2D eigenvalue weighted by Crippen LogP contribution is 2.06. The fraction of sp³-hybridized carbons (Fsp3) is 0.375. The molecule has 0 radical (unpaired) electrons. The van der Waals surface area contributed by atoms with Gasteiger partial charge in [0.15, 0.2) is 0 Å². The summed E-state index contributed by atoms with van der Waals surface area (Å²) in [6, 6.07) is 2.06. The van der Waals surface area contributed by atoms with Crippen LogP contribution in [-0.4, -0.2) is 37.3 Å². The van der Waals surface area contributed by atoms with E-state index in [1.165, 1.54) is 7.11 Å². The summed E-state index contributed by atoms with van der Waals surface area (Å²) in [5.74, 6) is 0.335.